The molecule has 7 heteroatoms. The zero-order valence-electron chi connectivity index (χ0n) is 14.7. The van der Waals surface area contributed by atoms with Gasteiger partial charge in [0.15, 0.2) is 6.61 Å². The molecule has 0 spiro atoms. The number of nitrogens with one attached hydrogen (secondary N) is 1. The summed E-state index contributed by atoms with van der Waals surface area (Å²) >= 11 is 12.0. The second kappa shape index (κ2) is 7.94. The van der Waals surface area contributed by atoms with Gasteiger partial charge in [-0.3, -0.25) is 4.79 Å². The van der Waals surface area contributed by atoms with Gasteiger partial charge in [0.2, 0.25) is 0 Å². The quantitative estimate of drug-likeness (QED) is 0.494. The van der Waals surface area contributed by atoms with Crippen LogP contribution < -0.4 is 5.32 Å². The highest BCUT2D eigenvalue weighted by Gasteiger charge is 2.14. The van der Waals surface area contributed by atoms with Crippen molar-refractivity contribution in [1.82, 2.24) is 4.98 Å². The number of fused-ring (bicyclic) bond motifs is 1. The summed E-state index contributed by atoms with van der Waals surface area (Å²) in [5.41, 5.74) is 3.33. The zero-order chi connectivity index (χ0) is 19.6. The number of carbonyl (C=O) groups excluding carboxylic acids is 2. The summed E-state index contributed by atoms with van der Waals surface area (Å²) in [6, 6.07) is 11.9. The zero-order valence-corrected chi connectivity index (χ0v) is 16.2. The minimum atomic E-state index is -0.603. The summed E-state index contributed by atoms with van der Waals surface area (Å²) in [7, 11) is 0. The SMILES string of the molecule is Cc1cc(C)c(NC(=O)COC(=O)c2ccc3nc(Cl)ccc3c2)c(Cl)c1. The third-order valence-electron chi connectivity index (χ3n) is 3.92. The second-order valence-electron chi connectivity index (χ2n) is 6.10. The summed E-state index contributed by atoms with van der Waals surface area (Å²) in [6.07, 6.45) is 0. The minimum absolute atomic E-state index is 0.323. The lowest BCUT2D eigenvalue weighted by Crippen LogP contribution is -2.21. The summed E-state index contributed by atoms with van der Waals surface area (Å²) in [5, 5.41) is 4.24. The lowest BCUT2D eigenvalue weighted by atomic mass is 10.1. The van der Waals surface area contributed by atoms with Crippen molar-refractivity contribution in [3.63, 3.8) is 0 Å². The standard InChI is InChI=1S/C20H16Cl2N2O3/c1-11-7-12(2)19(15(21)8-11)24-18(25)10-27-20(26)14-3-5-16-13(9-14)4-6-17(22)23-16/h3-9H,10H2,1-2H3,(H,24,25). The molecule has 1 amide bonds. The number of rotatable bonds is 4. The van der Waals surface area contributed by atoms with Crippen molar-refractivity contribution < 1.29 is 14.3 Å². The molecule has 0 aliphatic rings. The number of amides is 1. The molecule has 27 heavy (non-hydrogen) atoms. The molecule has 138 valence electrons. The fraction of sp³-hybridized carbons (Fsp3) is 0.150. The summed E-state index contributed by atoms with van der Waals surface area (Å²) in [4.78, 5) is 28.5. The van der Waals surface area contributed by atoms with E-state index in [9.17, 15) is 9.59 Å². The van der Waals surface area contributed by atoms with Crippen LogP contribution in [0.1, 0.15) is 21.5 Å². The van der Waals surface area contributed by atoms with Crippen LogP contribution in [0.15, 0.2) is 42.5 Å². The number of aromatic nitrogens is 1. The number of carbonyl (C=O) groups is 2. The summed E-state index contributed by atoms with van der Waals surface area (Å²) in [6.45, 7) is 3.34. The Balaban J connectivity index is 1.65. The largest absolute Gasteiger partial charge is 0.452 e. The fourth-order valence-electron chi connectivity index (χ4n) is 2.69. The number of halogens is 2. The smallest absolute Gasteiger partial charge is 0.338 e. The van der Waals surface area contributed by atoms with E-state index in [4.69, 9.17) is 27.9 Å². The molecule has 5 nitrogen and oxygen atoms in total. The number of pyridine rings is 1. The Kier molecular flexibility index (Phi) is 5.63. The molecule has 1 N–H and O–H groups in total. The minimum Gasteiger partial charge on any atom is -0.452 e. The van der Waals surface area contributed by atoms with Gasteiger partial charge in [-0.05, 0) is 61.4 Å². The lowest BCUT2D eigenvalue weighted by molar-refractivity contribution is -0.119. The van der Waals surface area contributed by atoms with Crippen molar-refractivity contribution in [3.05, 3.63) is 69.3 Å². The van der Waals surface area contributed by atoms with Crippen molar-refractivity contribution in [2.24, 2.45) is 0 Å². The Labute approximate surface area is 166 Å². The first kappa shape index (κ1) is 19.1. The first-order valence-corrected chi connectivity index (χ1v) is 8.89. The van der Waals surface area contributed by atoms with E-state index in [1.165, 1.54) is 0 Å². The van der Waals surface area contributed by atoms with Gasteiger partial charge in [-0.2, -0.15) is 0 Å². The van der Waals surface area contributed by atoms with Gasteiger partial charge in [0.1, 0.15) is 5.15 Å². The molecule has 1 aromatic heterocycles. The normalized spacial score (nSPS) is 10.7. The van der Waals surface area contributed by atoms with E-state index in [-0.39, 0.29) is 0 Å². The number of hydrogen-bond donors (Lipinski definition) is 1. The molecular weight excluding hydrogens is 387 g/mol. The van der Waals surface area contributed by atoms with Gasteiger partial charge >= 0.3 is 5.97 Å². The van der Waals surface area contributed by atoms with Crippen LogP contribution in [-0.4, -0.2) is 23.5 Å². The Morgan fingerprint density at radius 1 is 1.07 bits per heavy atom. The Bertz CT molecular complexity index is 1030. The van der Waals surface area contributed by atoms with Crippen LogP contribution in [0.5, 0.6) is 0 Å². The van der Waals surface area contributed by atoms with Crippen LogP contribution in [0, 0.1) is 13.8 Å². The average Bonchev–Trinajstić information content (AvgIpc) is 2.62. The van der Waals surface area contributed by atoms with E-state index in [0.29, 0.717) is 26.9 Å². The highest BCUT2D eigenvalue weighted by Crippen LogP contribution is 2.27. The molecule has 3 aromatic rings. The molecule has 3 rings (SSSR count). The number of anilines is 1. The molecule has 0 fully saturated rings. The fourth-order valence-corrected chi connectivity index (χ4v) is 3.21. The van der Waals surface area contributed by atoms with Gasteiger partial charge in [0.25, 0.3) is 5.91 Å². The molecule has 0 radical (unpaired) electrons. The highest BCUT2D eigenvalue weighted by atomic mass is 35.5. The van der Waals surface area contributed by atoms with Crippen LogP contribution >= 0.6 is 23.2 Å². The van der Waals surface area contributed by atoms with E-state index < -0.39 is 18.5 Å². The van der Waals surface area contributed by atoms with Gasteiger partial charge in [0.05, 0.1) is 21.8 Å². The monoisotopic (exact) mass is 402 g/mol. The third-order valence-corrected chi connectivity index (χ3v) is 4.43. The van der Waals surface area contributed by atoms with Crippen LogP contribution in [0.2, 0.25) is 10.2 Å². The first-order chi connectivity index (χ1) is 12.8. The van der Waals surface area contributed by atoms with Gasteiger partial charge < -0.3 is 10.1 Å². The maximum atomic E-state index is 12.2. The van der Waals surface area contributed by atoms with Crippen molar-refractivity contribution in [2.45, 2.75) is 13.8 Å². The Morgan fingerprint density at radius 2 is 1.85 bits per heavy atom. The predicted octanol–water partition coefficient (Wildman–Crippen LogP) is 4.95. The topological polar surface area (TPSA) is 68.3 Å². The van der Waals surface area contributed by atoms with Gasteiger partial charge in [-0.15, -0.1) is 0 Å². The van der Waals surface area contributed by atoms with Crippen LogP contribution in [-0.2, 0) is 9.53 Å². The summed E-state index contributed by atoms with van der Waals surface area (Å²) in [5.74, 6) is -1.07. The van der Waals surface area contributed by atoms with Gasteiger partial charge in [-0.1, -0.05) is 29.3 Å². The molecular formula is C20H16Cl2N2O3. The number of benzene rings is 2. The number of hydrogen-bond acceptors (Lipinski definition) is 4. The van der Waals surface area contributed by atoms with Crippen LogP contribution in [0.3, 0.4) is 0 Å². The molecule has 1 heterocycles. The molecule has 0 unspecified atom stereocenters. The first-order valence-electron chi connectivity index (χ1n) is 8.13. The van der Waals surface area contributed by atoms with Crippen molar-refractivity contribution in [1.29, 1.82) is 0 Å². The van der Waals surface area contributed by atoms with Crippen molar-refractivity contribution in [2.75, 3.05) is 11.9 Å². The number of esters is 1. The van der Waals surface area contributed by atoms with E-state index in [2.05, 4.69) is 10.3 Å². The van der Waals surface area contributed by atoms with Crippen LogP contribution in [0.25, 0.3) is 10.9 Å². The third kappa shape index (κ3) is 4.56. The van der Waals surface area contributed by atoms with Crippen LogP contribution in [0.4, 0.5) is 5.69 Å². The Morgan fingerprint density at radius 3 is 2.59 bits per heavy atom. The number of aryl methyl sites for hydroxylation is 2. The average molecular weight is 403 g/mol. The van der Waals surface area contributed by atoms with E-state index in [1.807, 2.05) is 19.9 Å². The van der Waals surface area contributed by atoms with E-state index in [1.54, 1.807) is 36.4 Å². The molecule has 0 bridgehead atoms. The number of nitrogens with zero attached hydrogens (tertiary/aromatic N) is 1. The molecule has 0 saturated heterocycles. The predicted molar refractivity (Wildman–Crippen MR) is 107 cm³/mol. The molecule has 0 aliphatic heterocycles. The molecule has 0 atom stereocenters. The second-order valence-corrected chi connectivity index (χ2v) is 6.90. The van der Waals surface area contributed by atoms with Crippen molar-refractivity contribution in [3.8, 4) is 0 Å². The maximum Gasteiger partial charge on any atom is 0.338 e. The van der Waals surface area contributed by atoms with E-state index >= 15 is 0 Å². The molecule has 2 aromatic carbocycles. The highest BCUT2D eigenvalue weighted by molar-refractivity contribution is 6.34. The maximum absolute atomic E-state index is 12.2. The molecule has 0 aliphatic carbocycles. The van der Waals surface area contributed by atoms with Crippen molar-refractivity contribution >= 4 is 51.7 Å². The summed E-state index contributed by atoms with van der Waals surface area (Å²) < 4.78 is 5.10. The number of ether oxygens (including phenoxy) is 1. The lowest BCUT2D eigenvalue weighted by Gasteiger charge is -2.12. The van der Waals surface area contributed by atoms with E-state index in [0.717, 1.165) is 16.5 Å². The Hall–Kier alpha value is -2.63. The molecule has 0 saturated carbocycles. The van der Waals surface area contributed by atoms with Gasteiger partial charge in [0, 0.05) is 5.39 Å². The van der Waals surface area contributed by atoms with Gasteiger partial charge in [-0.25, -0.2) is 9.78 Å².